The molecule has 1 aliphatic rings. The van der Waals surface area contributed by atoms with Crippen LogP contribution in [-0.2, 0) is 19.6 Å². The predicted octanol–water partition coefficient (Wildman–Crippen LogP) is 1.63. The van der Waals surface area contributed by atoms with Crippen molar-refractivity contribution in [2.45, 2.75) is 30.0 Å². The van der Waals surface area contributed by atoms with Gasteiger partial charge in [0, 0.05) is 18.6 Å². The number of hydrogen-bond donors (Lipinski definition) is 1. The Labute approximate surface area is 165 Å². The molecule has 28 heavy (non-hydrogen) atoms. The van der Waals surface area contributed by atoms with Gasteiger partial charge < -0.3 is 10.2 Å². The SMILES string of the molecule is CN(CC(=O)N1CCCC1C(=O)NCC(F)(F)F)S(=O)(=O)c1ccc(Cl)cc1. The fourth-order valence-corrected chi connectivity index (χ4v) is 4.04. The Hall–Kier alpha value is -1.85. The summed E-state index contributed by atoms with van der Waals surface area (Å²) < 4.78 is 62.7. The molecular weight excluding hydrogens is 423 g/mol. The second kappa shape index (κ2) is 8.66. The van der Waals surface area contributed by atoms with E-state index in [2.05, 4.69) is 0 Å². The first-order valence-corrected chi connectivity index (χ1v) is 10.1. The number of nitrogens with zero attached hydrogens (tertiary/aromatic N) is 2. The van der Waals surface area contributed by atoms with Gasteiger partial charge in [-0.05, 0) is 37.1 Å². The second-order valence-corrected chi connectivity index (χ2v) is 8.77. The van der Waals surface area contributed by atoms with Gasteiger partial charge in [-0.3, -0.25) is 9.59 Å². The maximum atomic E-state index is 12.5. The summed E-state index contributed by atoms with van der Waals surface area (Å²) in [7, 11) is -2.76. The number of halogens is 4. The van der Waals surface area contributed by atoms with Crippen LogP contribution < -0.4 is 5.32 Å². The second-order valence-electron chi connectivity index (χ2n) is 6.29. The highest BCUT2D eigenvalue weighted by Gasteiger charge is 2.37. The van der Waals surface area contributed by atoms with E-state index < -0.39 is 47.1 Å². The predicted molar refractivity (Wildman–Crippen MR) is 95.1 cm³/mol. The number of rotatable bonds is 6. The Morgan fingerprint density at radius 2 is 1.89 bits per heavy atom. The number of benzene rings is 1. The van der Waals surface area contributed by atoms with Gasteiger partial charge in [-0.2, -0.15) is 17.5 Å². The molecular formula is C16H19ClF3N3O4S. The summed E-state index contributed by atoms with van der Waals surface area (Å²) in [4.78, 5) is 25.5. The molecule has 2 amide bonds. The quantitative estimate of drug-likeness (QED) is 0.727. The van der Waals surface area contributed by atoms with Crippen molar-refractivity contribution in [3.05, 3.63) is 29.3 Å². The number of amides is 2. The van der Waals surface area contributed by atoms with E-state index in [1.54, 1.807) is 5.32 Å². The lowest BCUT2D eigenvalue weighted by atomic mass is 10.2. The highest BCUT2D eigenvalue weighted by Crippen LogP contribution is 2.21. The van der Waals surface area contributed by atoms with Gasteiger partial charge in [0.2, 0.25) is 21.8 Å². The molecule has 1 fully saturated rings. The van der Waals surface area contributed by atoms with Crippen LogP contribution in [0.5, 0.6) is 0 Å². The van der Waals surface area contributed by atoms with Gasteiger partial charge in [0.15, 0.2) is 0 Å². The minimum atomic E-state index is -4.56. The molecule has 1 heterocycles. The average molecular weight is 442 g/mol. The smallest absolute Gasteiger partial charge is 0.345 e. The van der Waals surface area contributed by atoms with Crippen LogP contribution in [0.15, 0.2) is 29.2 Å². The molecule has 1 unspecified atom stereocenters. The lowest BCUT2D eigenvalue weighted by Gasteiger charge is -2.26. The van der Waals surface area contributed by atoms with Crippen molar-refractivity contribution < 1.29 is 31.2 Å². The molecule has 0 aliphatic carbocycles. The number of hydrogen-bond acceptors (Lipinski definition) is 4. The van der Waals surface area contributed by atoms with Crippen molar-refractivity contribution in [2.24, 2.45) is 0 Å². The average Bonchev–Trinajstić information content (AvgIpc) is 3.09. The van der Waals surface area contributed by atoms with Crippen LogP contribution in [0.2, 0.25) is 5.02 Å². The molecule has 2 rings (SSSR count). The standard InChI is InChI=1S/C16H19ClF3N3O4S/c1-22(28(26,27)12-6-4-11(17)5-7-12)9-14(24)23-8-2-3-13(23)15(25)21-10-16(18,19)20/h4-7,13H,2-3,8-10H2,1H3,(H,21,25). The van der Waals surface area contributed by atoms with Crippen molar-refractivity contribution in [3.63, 3.8) is 0 Å². The topological polar surface area (TPSA) is 86.8 Å². The van der Waals surface area contributed by atoms with E-state index in [1.807, 2.05) is 0 Å². The zero-order chi connectivity index (χ0) is 21.1. The third-order valence-electron chi connectivity index (χ3n) is 4.22. The van der Waals surface area contributed by atoms with E-state index in [1.165, 1.54) is 31.3 Å². The monoisotopic (exact) mass is 441 g/mol. The van der Waals surface area contributed by atoms with Crippen LogP contribution in [0.1, 0.15) is 12.8 Å². The number of nitrogens with one attached hydrogen (secondary N) is 1. The zero-order valence-corrected chi connectivity index (χ0v) is 16.4. The summed E-state index contributed by atoms with van der Waals surface area (Å²) in [6.07, 6.45) is -3.91. The number of likely N-dealkylation sites (N-methyl/N-ethyl adjacent to an activating group) is 1. The number of alkyl halides is 3. The normalized spacial score (nSPS) is 17.8. The van der Waals surface area contributed by atoms with Crippen LogP contribution in [0.4, 0.5) is 13.2 Å². The Kier molecular flexibility index (Phi) is 6.94. The van der Waals surface area contributed by atoms with Gasteiger partial charge in [0.1, 0.15) is 12.6 Å². The Morgan fingerprint density at radius 3 is 2.46 bits per heavy atom. The van der Waals surface area contributed by atoms with Crippen LogP contribution >= 0.6 is 11.6 Å². The molecule has 0 radical (unpaired) electrons. The van der Waals surface area contributed by atoms with E-state index in [4.69, 9.17) is 11.6 Å². The van der Waals surface area contributed by atoms with Crippen LogP contribution in [0.25, 0.3) is 0 Å². The van der Waals surface area contributed by atoms with Crippen molar-refractivity contribution in [2.75, 3.05) is 26.7 Å². The fourth-order valence-electron chi connectivity index (χ4n) is 2.80. The fraction of sp³-hybridized carbons (Fsp3) is 0.500. The molecule has 1 saturated heterocycles. The van der Waals surface area contributed by atoms with E-state index in [-0.39, 0.29) is 17.9 Å². The molecule has 7 nitrogen and oxygen atoms in total. The molecule has 12 heteroatoms. The minimum Gasteiger partial charge on any atom is -0.345 e. The molecule has 0 aromatic heterocycles. The van der Waals surface area contributed by atoms with E-state index >= 15 is 0 Å². The number of carbonyl (C=O) groups excluding carboxylic acids is 2. The largest absolute Gasteiger partial charge is 0.405 e. The highest BCUT2D eigenvalue weighted by molar-refractivity contribution is 7.89. The number of sulfonamides is 1. The third-order valence-corrected chi connectivity index (χ3v) is 6.29. The summed E-state index contributed by atoms with van der Waals surface area (Å²) in [6.45, 7) is -1.87. The summed E-state index contributed by atoms with van der Waals surface area (Å²) in [5.41, 5.74) is 0. The molecule has 156 valence electrons. The molecule has 1 aromatic rings. The maximum Gasteiger partial charge on any atom is 0.405 e. The van der Waals surface area contributed by atoms with E-state index in [9.17, 15) is 31.2 Å². The summed E-state index contributed by atoms with van der Waals surface area (Å²) in [5.74, 6) is -1.57. The van der Waals surface area contributed by atoms with Gasteiger partial charge in [-0.25, -0.2) is 8.42 Å². The van der Waals surface area contributed by atoms with Gasteiger partial charge in [-0.15, -0.1) is 0 Å². The molecule has 0 saturated carbocycles. The first kappa shape index (κ1) is 22.4. The zero-order valence-electron chi connectivity index (χ0n) is 14.9. The van der Waals surface area contributed by atoms with Crippen molar-refractivity contribution in [3.8, 4) is 0 Å². The van der Waals surface area contributed by atoms with Crippen molar-refractivity contribution in [1.82, 2.24) is 14.5 Å². The molecule has 1 atom stereocenters. The van der Waals surface area contributed by atoms with E-state index in [0.717, 1.165) is 9.21 Å². The Morgan fingerprint density at radius 1 is 1.29 bits per heavy atom. The number of likely N-dealkylation sites (tertiary alicyclic amines) is 1. The molecule has 1 aliphatic heterocycles. The van der Waals surface area contributed by atoms with Crippen LogP contribution in [0.3, 0.4) is 0 Å². The summed E-state index contributed by atoms with van der Waals surface area (Å²) >= 11 is 5.73. The molecule has 1 N–H and O–H groups in total. The highest BCUT2D eigenvalue weighted by atomic mass is 35.5. The maximum absolute atomic E-state index is 12.5. The third kappa shape index (κ3) is 5.58. The Balaban J connectivity index is 2.04. The van der Waals surface area contributed by atoms with Crippen LogP contribution in [-0.4, -0.2) is 68.3 Å². The van der Waals surface area contributed by atoms with Gasteiger partial charge >= 0.3 is 6.18 Å². The molecule has 0 bridgehead atoms. The van der Waals surface area contributed by atoms with Crippen LogP contribution in [0, 0.1) is 0 Å². The van der Waals surface area contributed by atoms with Gasteiger partial charge in [0.05, 0.1) is 11.4 Å². The first-order chi connectivity index (χ1) is 12.9. The Bertz CT molecular complexity index is 831. The molecule has 0 spiro atoms. The van der Waals surface area contributed by atoms with Crippen molar-refractivity contribution in [1.29, 1.82) is 0 Å². The lowest BCUT2D eigenvalue weighted by Crippen LogP contribution is -2.50. The minimum absolute atomic E-state index is 0.0620. The summed E-state index contributed by atoms with van der Waals surface area (Å²) in [6, 6.07) is 4.32. The lowest BCUT2D eigenvalue weighted by molar-refractivity contribution is -0.144. The number of carbonyl (C=O) groups is 2. The van der Waals surface area contributed by atoms with E-state index in [0.29, 0.717) is 11.4 Å². The van der Waals surface area contributed by atoms with Gasteiger partial charge in [-0.1, -0.05) is 11.6 Å². The van der Waals surface area contributed by atoms with Crippen molar-refractivity contribution >= 4 is 33.4 Å². The van der Waals surface area contributed by atoms with Gasteiger partial charge in [0.25, 0.3) is 0 Å². The molecule has 1 aromatic carbocycles. The summed E-state index contributed by atoms with van der Waals surface area (Å²) in [5, 5.41) is 2.11. The first-order valence-electron chi connectivity index (χ1n) is 8.27.